The highest BCUT2D eigenvalue weighted by atomic mass is 19.1. The Morgan fingerprint density at radius 2 is 2.00 bits per heavy atom. The molecule has 1 N–H and O–H groups in total. The first-order chi connectivity index (χ1) is 12.0. The predicted octanol–water partition coefficient (Wildman–Crippen LogP) is 3.79. The Balaban J connectivity index is 1.61. The molecule has 1 heterocycles. The summed E-state index contributed by atoms with van der Waals surface area (Å²) in [4.78, 5) is 12.0. The van der Waals surface area contributed by atoms with Gasteiger partial charge in [-0.25, -0.2) is 8.78 Å². The Labute approximate surface area is 143 Å². The maximum Gasteiger partial charge on any atom is 0.224 e. The van der Waals surface area contributed by atoms with Gasteiger partial charge in [0.1, 0.15) is 17.3 Å². The lowest BCUT2D eigenvalue weighted by Crippen LogP contribution is -2.24. The lowest BCUT2D eigenvalue weighted by atomic mass is 10.1. The lowest BCUT2D eigenvalue weighted by molar-refractivity contribution is -0.120. The number of carbonyl (C=O) groups is 1. The van der Waals surface area contributed by atoms with E-state index in [9.17, 15) is 13.6 Å². The number of nitrogens with one attached hydrogen (secondary N) is 1. The van der Waals surface area contributed by atoms with Crippen molar-refractivity contribution in [3.05, 3.63) is 77.0 Å². The number of nitrogens with zero attached hydrogens (tertiary/aromatic N) is 1. The Morgan fingerprint density at radius 1 is 1.16 bits per heavy atom. The second kappa shape index (κ2) is 7.25. The molecule has 1 amide bonds. The molecule has 0 unspecified atom stereocenters. The molecule has 0 saturated heterocycles. The number of aryl methyl sites for hydroxylation is 1. The smallest absolute Gasteiger partial charge is 0.224 e. The van der Waals surface area contributed by atoms with Crippen molar-refractivity contribution < 1.29 is 18.1 Å². The summed E-state index contributed by atoms with van der Waals surface area (Å²) in [6.45, 7) is 2.13. The second-order valence-corrected chi connectivity index (χ2v) is 5.75. The fourth-order valence-electron chi connectivity index (χ4n) is 2.47. The molecule has 0 aliphatic rings. The maximum atomic E-state index is 13.7. The van der Waals surface area contributed by atoms with Crippen molar-refractivity contribution >= 4 is 5.91 Å². The van der Waals surface area contributed by atoms with Crippen molar-refractivity contribution in [2.45, 2.75) is 19.9 Å². The number of hydrogen-bond acceptors (Lipinski definition) is 3. The van der Waals surface area contributed by atoms with Crippen molar-refractivity contribution in [2.75, 3.05) is 0 Å². The lowest BCUT2D eigenvalue weighted by Gasteiger charge is -2.04. The van der Waals surface area contributed by atoms with Crippen molar-refractivity contribution in [3.8, 4) is 11.3 Å². The van der Waals surface area contributed by atoms with Gasteiger partial charge in [-0.05, 0) is 24.6 Å². The van der Waals surface area contributed by atoms with E-state index in [4.69, 9.17) is 4.52 Å². The van der Waals surface area contributed by atoms with Gasteiger partial charge in [-0.2, -0.15) is 0 Å². The zero-order valence-electron chi connectivity index (χ0n) is 13.6. The van der Waals surface area contributed by atoms with E-state index in [1.54, 1.807) is 0 Å². The van der Waals surface area contributed by atoms with Gasteiger partial charge in [0.05, 0.1) is 18.5 Å². The SMILES string of the molecule is Cc1cccc(CC(=O)NCc2cc(-c3ccc(F)cc3F)on2)c1. The molecule has 1 aromatic heterocycles. The number of carbonyl (C=O) groups excluding carboxylic acids is 1. The topological polar surface area (TPSA) is 55.1 Å². The standard InChI is InChI=1S/C19H16F2N2O2/c1-12-3-2-4-13(7-12)8-19(24)22-11-15-10-18(25-23-15)16-6-5-14(20)9-17(16)21/h2-7,9-10H,8,11H2,1H3,(H,22,24). The van der Waals surface area contributed by atoms with Gasteiger partial charge in [0.25, 0.3) is 0 Å². The molecule has 128 valence electrons. The molecule has 0 spiro atoms. The number of amides is 1. The molecule has 2 aromatic carbocycles. The molecule has 0 atom stereocenters. The average molecular weight is 342 g/mol. The predicted molar refractivity (Wildman–Crippen MR) is 88.6 cm³/mol. The minimum Gasteiger partial charge on any atom is -0.356 e. The van der Waals surface area contributed by atoms with Gasteiger partial charge in [0.2, 0.25) is 5.91 Å². The zero-order chi connectivity index (χ0) is 17.8. The minimum atomic E-state index is -0.730. The van der Waals surface area contributed by atoms with E-state index in [0.717, 1.165) is 23.3 Å². The highest BCUT2D eigenvalue weighted by molar-refractivity contribution is 5.78. The van der Waals surface area contributed by atoms with Gasteiger partial charge in [-0.3, -0.25) is 4.79 Å². The van der Waals surface area contributed by atoms with Crippen LogP contribution in [-0.4, -0.2) is 11.1 Å². The summed E-state index contributed by atoms with van der Waals surface area (Å²) in [5, 5.41) is 6.54. The van der Waals surface area contributed by atoms with Crippen LogP contribution in [0.2, 0.25) is 0 Å². The highest BCUT2D eigenvalue weighted by Gasteiger charge is 2.13. The Hall–Kier alpha value is -3.02. The summed E-state index contributed by atoms with van der Waals surface area (Å²) in [7, 11) is 0. The number of halogens is 2. The summed E-state index contributed by atoms with van der Waals surface area (Å²) in [5.41, 5.74) is 2.59. The molecule has 3 rings (SSSR count). The van der Waals surface area contributed by atoms with Crippen LogP contribution in [0.1, 0.15) is 16.8 Å². The Bertz CT molecular complexity index is 906. The van der Waals surface area contributed by atoms with Crippen molar-refractivity contribution in [3.63, 3.8) is 0 Å². The van der Waals surface area contributed by atoms with Crippen LogP contribution in [-0.2, 0) is 17.8 Å². The fraction of sp³-hybridized carbons (Fsp3) is 0.158. The van der Waals surface area contributed by atoms with Crippen LogP contribution in [0.15, 0.2) is 53.1 Å². The molecule has 0 radical (unpaired) electrons. The molecular formula is C19H16F2N2O2. The molecule has 6 heteroatoms. The monoisotopic (exact) mass is 342 g/mol. The van der Waals surface area contributed by atoms with Crippen LogP contribution < -0.4 is 5.32 Å². The average Bonchev–Trinajstić information content (AvgIpc) is 3.01. The fourth-order valence-corrected chi connectivity index (χ4v) is 2.47. The molecule has 0 fully saturated rings. The first kappa shape index (κ1) is 16.8. The Kier molecular flexibility index (Phi) is 4.88. The molecule has 3 aromatic rings. The van der Waals surface area contributed by atoms with E-state index in [1.807, 2.05) is 31.2 Å². The van der Waals surface area contributed by atoms with Crippen molar-refractivity contribution in [2.24, 2.45) is 0 Å². The third kappa shape index (κ3) is 4.29. The summed E-state index contributed by atoms with van der Waals surface area (Å²) in [5.74, 6) is -1.36. The molecule has 0 saturated carbocycles. The van der Waals surface area contributed by atoms with Crippen LogP contribution >= 0.6 is 0 Å². The van der Waals surface area contributed by atoms with Crippen LogP contribution in [0.3, 0.4) is 0 Å². The second-order valence-electron chi connectivity index (χ2n) is 5.75. The number of aromatic nitrogens is 1. The number of benzene rings is 2. The van der Waals surface area contributed by atoms with Crippen LogP contribution in [0.25, 0.3) is 11.3 Å². The van der Waals surface area contributed by atoms with Gasteiger partial charge >= 0.3 is 0 Å². The van der Waals surface area contributed by atoms with Crippen LogP contribution in [0.5, 0.6) is 0 Å². The summed E-state index contributed by atoms with van der Waals surface area (Å²) >= 11 is 0. The molecule has 25 heavy (non-hydrogen) atoms. The molecular weight excluding hydrogens is 326 g/mol. The number of rotatable bonds is 5. The molecule has 0 bridgehead atoms. The normalized spacial score (nSPS) is 10.7. The van der Waals surface area contributed by atoms with Crippen LogP contribution in [0, 0.1) is 18.6 Å². The highest BCUT2D eigenvalue weighted by Crippen LogP contribution is 2.24. The third-order valence-electron chi connectivity index (χ3n) is 3.67. The van der Waals surface area contributed by atoms with Gasteiger partial charge < -0.3 is 9.84 Å². The quantitative estimate of drug-likeness (QED) is 0.767. The van der Waals surface area contributed by atoms with E-state index in [1.165, 1.54) is 12.1 Å². The summed E-state index contributed by atoms with van der Waals surface area (Å²) in [6.07, 6.45) is 0.263. The maximum absolute atomic E-state index is 13.7. The largest absolute Gasteiger partial charge is 0.356 e. The van der Waals surface area contributed by atoms with Crippen LogP contribution in [0.4, 0.5) is 8.78 Å². The first-order valence-corrected chi connectivity index (χ1v) is 7.74. The van der Waals surface area contributed by atoms with E-state index in [2.05, 4.69) is 10.5 Å². The van der Waals surface area contributed by atoms with Crippen molar-refractivity contribution in [1.29, 1.82) is 0 Å². The van der Waals surface area contributed by atoms with Crippen molar-refractivity contribution in [1.82, 2.24) is 10.5 Å². The first-order valence-electron chi connectivity index (χ1n) is 7.74. The summed E-state index contributed by atoms with van der Waals surface area (Å²) in [6, 6.07) is 12.4. The van der Waals surface area contributed by atoms with E-state index in [0.29, 0.717) is 5.69 Å². The van der Waals surface area contributed by atoms with Gasteiger partial charge in [0, 0.05) is 12.1 Å². The minimum absolute atomic E-state index is 0.117. The Morgan fingerprint density at radius 3 is 2.76 bits per heavy atom. The van der Waals surface area contributed by atoms with E-state index in [-0.39, 0.29) is 30.2 Å². The summed E-state index contributed by atoms with van der Waals surface area (Å²) < 4.78 is 31.8. The third-order valence-corrected chi connectivity index (χ3v) is 3.67. The van der Waals surface area contributed by atoms with Gasteiger partial charge in [0.15, 0.2) is 5.76 Å². The number of hydrogen-bond donors (Lipinski definition) is 1. The van der Waals surface area contributed by atoms with E-state index >= 15 is 0 Å². The molecule has 0 aliphatic carbocycles. The van der Waals surface area contributed by atoms with Gasteiger partial charge in [-0.15, -0.1) is 0 Å². The molecule has 0 aliphatic heterocycles. The van der Waals surface area contributed by atoms with Gasteiger partial charge in [-0.1, -0.05) is 35.0 Å². The zero-order valence-corrected chi connectivity index (χ0v) is 13.6. The molecule has 4 nitrogen and oxygen atoms in total. The van der Waals surface area contributed by atoms with E-state index < -0.39 is 11.6 Å².